The van der Waals surface area contributed by atoms with Crippen molar-refractivity contribution in [3.8, 4) is 11.1 Å². The summed E-state index contributed by atoms with van der Waals surface area (Å²) in [6, 6.07) is 14.5. The van der Waals surface area contributed by atoms with Crippen molar-refractivity contribution in [2.24, 2.45) is 0 Å². The third kappa shape index (κ3) is 1.61. The van der Waals surface area contributed by atoms with Crippen molar-refractivity contribution in [3.63, 3.8) is 0 Å². The van der Waals surface area contributed by atoms with Gasteiger partial charge in [-0.1, -0.05) is 50.2 Å². The first-order valence-corrected chi connectivity index (χ1v) is 6.89. The highest BCUT2D eigenvalue weighted by Gasteiger charge is 2.38. The number of benzene rings is 2. The quantitative estimate of drug-likeness (QED) is 0.770. The van der Waals surface area contributed by atoms with E-state index in [-0.39, 0.29) is 11.3 Å². The third-order valence-corrected chi connectivity index (χ3v) is 4.22. The first-order chi connectivity index (χ1) is 9.44. The number of hydrogen-bond donors (Lipinski definition) is 0. The predicted octanol–water partition coefficient (Wildman–Crippen LogP) is 3.69. The SMILES string of the molecule is CN(C)C(=O)c1cccc2c1C(C)(C)c1ccccc1-2. The maximum atomic E-state index is 12.5. The lowest BCUT2D eigenvalue weighted by Gasteiger charge is -2.24. The highest BCUT2D eigenvalue weighted by Crippen LogP contribution is 2.49. The minimum atomic E-state index is -0.131. The molecule has 0 unspecified atom stereocenters. The Morgan fingerprint density at radius 3 is 2.30 bits per heavy atom. The maximum absolute atomic E-state index is 12.5. The van der Waals surface area contributed by atoms with Gasteiger partial charge >= 0.3 is 0 Å². The molecule has 2 heteroatoms. The molecule has 102 valence electrons. The van der Waals surface area contributed by atoms with Crippen LogP contribution in [0.25, 0.3) is 11.1 Å². The van der Waals surface area contributed by atoms with Crippen LogP contribution < -0.4 is 0 Å². The van der Waals surface area contributed by atoms with Crippen molar-refractivity contribution in [1.82, 2.24) is 4.90 Å². The minimum Gasteiger partial charge on any atom is -0.345 e. The highest BCUT2D eigenvalue weighted by molar-refractivity contribution is 6.00. The largest absolute Gasteiger partial charge is 0.345 e. The zero-order valence-corrected chi connectivity index (χ0v) is 12.4. The van der Waals surface area contributed by atoms with E-state index in [1.807, 2.05) is 12.1 Å². The molecule has 0 saturated heterocycles. The molecule has 2 aromatic carbocycles. The first-order valence-electron chi connectivity index (χ1n) is 6.89. The summed E-state index contributed by atoms with van der Waals surface area (Å²) in [7, 11) is 3.60. The normalized spacial score (nSPS) is 14.6. The molecule has 0 bridgehead atoms. The van der Waals surface area contributed by atoms with E-state index in [4.69, 9.17) is 0 Å². The van der Waals surface area contributed by atoms with Crippen LogP contribution in [0.15, 0.2) is 42.5 Å². The van der Waals surface area contributed by atoms with Gasteiger partial charge in [0, 0.05) is 25.1 Å². The summed E-state index contributed by atoms with van der Waals surface area (Å²) in [6.07, 6.45) is 0. The average molecular weight is 265 g/mol. The maximum Gasteiger partial charge on any atom is 0.253 e. The Morgan fingerprint density at radius 1 is 0.950 bits per heavy atom. The van der Waals surface area contributed by atoms with E-state index in [0.29, 0.717) is 0 Å². The van der Waals surface area contributed by atoms with Gasteiger partial charge in [0.25, 0.3) is 5.91 Å². The molecule has 0 saturated carbocycles. The molecule has 0 aromatic heterocycles. The number of carbonyl (C=O) groups is 1. The zero-order valence-electron chi connectivity index (χ0n) is 12.4. The van der Waals surface area contributed by atoms with E-state index >= 15 is 0 Å². The summed E-state index contributed by atoms with van der Waals surface area (Å²) in [4.78, 5) is 14.1. The fourth-order valence-electron chi connectivity index (χ4n) is 3.27. The molecule has 0 radical (unpaired) electrons. The van der Waals surface area contributed by atoms with Crippen LogP contribution in [0.1, 0.15) is 35.3 Å². The van der Waals surface area contributed by atoms with Gasteiger partial charge in [0.05, 0.1) is 0 Å². The smallest absolute Gasteiger partial charge is 0.253 e. The fraction of sp³-hybridized carbons (Fsp3) is 0.278. The van der Waals surface area contributed by atoms with Crippen LogP contribution in [0.3, 0.4) is 0 Å². The topological polar surface area (TPSA) is 20.3 Å². The molecule has 20 heavy (non-hydrogen) atoms. The standard InChI is InChI=1S/C18H19NO/c1-18(2)15-11-6-5-8-12(15)13-9-7-10-14(16(13)18)17(20)19(3)4/h5-11H,1-4H3. The molecular weight excluding hydrogens is 246 g/mol. The molecule has 0 spiro atoms. The van der Waals surface area contributed by atoms with E-state index in [1.54, 1.807) is 19.0 Å². The molecule has 1 aliphatic rings. The van der Waals surface area contributed by atoms with Gasteiger partial charge in [0.2, 0.25) is 0 Å². The second kappa shape index (κ2) is 4.20. The monoisotopic (exact) mass is 265 g/mol. The number of hydrogen-bond acceptors (Lipinski definition) is 1. The Labute approximate surface area is 120 Å². The van der Waals surface area contributed by atoms with Gasteiger partial charge in [-0.05, 0) is 28.3 Å². The Kier molecular flexibility index (Phi) is 2.72. The van der Waals surface area contributed by atoms with Gasteiger partial charge in [0.15, 0.2) is 0 Å². The number of rotatable bonds is 1. The van der Waals surface area contributed by atoms with Gasteiger partial charge in [-0.3, -0.25) is 4.79 Å². The van der Waals surface area contributed by atoms with Crippen molar-refractivity contribution in [3.05, 3.63) is 59.2 Å². The van der Waals surface area contributed by atoms with Crippen molar-refractivity contribution >= 4 is 5.91 Å². The Morgan fingerprint density at radius 2 is 1.60 bits per heavy atom. The summed E-state index contributed by atoms with van der Waals surface area (Å²) in [5.41, 5.74) is 5.58. The van der Waals surface area contributed by atoms with Crippen molar-refractivity contribution < 1.29 is 4.79 Å². The Balaban J connectivity index is 2.32. The van der Waals surface area contributed by atoms with E-state index in [9.17, 15) is 4.79 Å². The highest BCUT2D eigenvalue weighted by atomic mass is 16.2. The second-order valence-corrected chi connectivity index (χ2v) is 6.10. The lowest BCUT2D eigenvalue weighted by Crippen LogP contribution is -2.26. The third-order valence-electron chi connectivity index (χ3n) is 4.22. The minimum absolute atomic E-state index is 0.0720. The second-order valence-electron chi connectivity index (χ2n) is 6.10. The van der Waals surface area contributed by atoms with Crippen molar-refractivity contribution in [2.45, 2.75) is 19.3 Å². The Bertz CT molecular complexity index is 698. The number of fused-ring (bicyclic) bond motifs is 3. The molecule has 2 nitrogen and oxygen atoms in total. The summed E-state index contributed by atoms with van der Waals surface area (Å²) < 4.78 is 0. The molecule has 0 N–H and O–H groups in total. The van der Waals surface area contributed by atoms with E-state index in [0.717, 1.165) is 11.1 Å². The molecule has 0 aliphatic heterocycles. The zero-order chi connectivity index (χ0) is 14.5. The van der Waals surface area contributed by atoms with Crippen LogP contribution in [0.2, 0.25) is 0 Å². The van der Waals surface area contributed by atoms with Crippen LogP contribution in [0, 0.1) is 0 Å². The molecule has 1 amide bonds. The number of carbonyl (C=O) groups excluding carboxylic acids is 1. The van der Waals surface area contributed by atoms with Crippen molar-refractivity contribution in [1.29, 1.82) is 0 Å². The van der Waals surface area contributed by atoms with Gasteiger partial charge in [-0.15, -0.1) is 0 Å². The molecule has 2 aromatic rings. The first kappa shape index (κ1) is 12.9. The van der Waals surface area contributed by atoms with Crippen LogP contribution in [-0.2, 0) is 5.41 Å². The van der Waals surface area contributed by atoms with E-state index in [2.05, 4.69) is 44.2 Å². The van der Waals surface area contributed by atoms with Crippen LogP contribution >= 0.6 is 0 Å². The fourth-order valence-corrected chi connectivity index (χ4v) is 3.27. The molecule has 0 heterocycles. The molecule has 0 fully saturated rings. The average Bonchev–Trinajstić information content (AvgIpc) is 2.68. The van der Waals surface area contributed by atoms with Crippen LogP contribution in [0.5, 0.6) is 0 Å². The van der Waals surface area contributed by atoms with E-state index in [1.165, 1.54) is 16.7 Å². The Hall–Kier alpha value is -2.09. The van der Waals surface area contributed by atoms with Crippen LogP contribution in [-0.4, -0.2) is 24.9 Å². The van der Waals surface area contributed by atoms with Gasteiger partial charge < -0.3 is 4.90 Å². The van der Waals surface area contributed by atoms with Crippen LogP contribution in [0.4, 0.5) is 0 Å². The lowest BCUT2D eigenvalue weighted by atomic mass is 9.80. The van der Waals surface area contributed by atoms with Crippen molar-refractivity contribution in [2.75, 3.05) is 14.1 Å². The summed E-state index contributed by atoms with van der Waals surface area (Å²) in [5, 5.41) is 0. The molecule has 1 aliphatic carbocycles. The van der Waals surface area contributed by atoms with E-state index < -0.39 is 0 Å². The molecular formula is C18H19NO. The number of nitrogens with zero attached hydrogens (tertiary/aromatic N) is 1. The molecule has 3 rings (SSSR count). The predicted molar refractivity (Wildman–Crippen MR) is 82.0 cm³/mol. The summed E-state index contributed by atoms with van der Waals surface area (Å²) >= 11 is 0. The van der Waals surface area contributed by atoms with Gasteiger partial charge in [-0.25, -0.2) is 0 Å². The summed E-state index contributed by atoms with van der Waals surface area (Å²) in [6.45, 7) is 4.40. The number of amides is 1. The van der Waals surface area contributed by atoms with Gasteiger partial charge in [-0.2, -0.15) is 0 Å². The summed E-state index contributed by atoms with van der Waals surface area (Å²) in [5.74, 6) is 0.0720. The molecule has 0 atom stereocenters. The van der Waals surface area contributed by atoms with Gasteiger partial charge in [0.1, 0.15) is 0 Å². The lowest BCUT2D eigenvalue weighted by molar-refractivity contribution is 0.0825.